The monoisotopic (exact) mass is 231 g/mol. The number of hydrogen-bond acceptors (Lipinski definition) is 3. The van der Waals surface area contributed by atoms with E-state index in [1.165, 1.54) is 4.90 Å². The molecular weight excluding hydrogens is 213 g/mol. The normalized spacial score (nSPS) is 22.1. The number of alkyl halides is 1. The minimum Gasteiger partial charge on any atom is -0.444 e. The Balaban J connectivity index is 2.64. The lowest BCUT2D eigenvalue weighted by Crippen LogP contribution is -2.49. The molecule has 0 N–H and O–H groups in total. The molecule has 0 spiro atoms. The predicted molar refractivity (Wildman–Crippen MR) is 56.9 cm³/mol. The van der Waals surface area contributed by atoms with Gasteiger partial charge in [0, 0.05) is 19.4 Å². The number of nitrogens with zero attached hydrogens (tertiary/aromatic N) is 1. The average Bonchev–Trinajstić information content (AvgIpc) is 2.14. The van der Waals surface area contributed by atoms with Crippen LogP contribution in [0.4, 0.5) is 9.18 Å². The summed E-state index contributed by atoms with van der Waals surface area (Å²) in [7, 11) is 0. The summed E-state index contributed by atoms with van der Waals surface area (Å²) < 4.78 is 17.8. The number of carbonyl (C=O) groups is 2. The highest BCUT2D eigenvalue weighted by atomic mass is 19.1. The molecule has 0 bridgehead atoms. The smallest absolute Gasteiger partial charge is 0.410 e. The molecule has 5 heteroatoms. The molecule has 1 fully saturated rings. The van der Waals surface area contributed by atoms with Crippen LogP contribution in [0.1, 0.15) is 33.6 Å². The molecule has 1 unspecified atom stereocenters. The van der Waals surface area contributed by atoms with Gasteiger partial charge in [-0.1, -0.05) is 0 Å². The maximum absolute atomic E-state index is 12.7. The number of carbonyl (C=O) groups excluding carboxylic acids is 2. The Kier molecular flexibility index (Phi) is 3.88. The summed E-state index contributed by atoms with van der Waals surface area (Å²) >= 11 is 0. The predicted octanol–water partition coefficient (Wildman–Crippen LogP) is 1.92. The highest BCUT2D eigenvalue weighted by molar-refractivity contribution is 5.82. The van der Waals surface area contributed by atoms with Gasteiger partial charge in [-0.2, -0.15) is 0 Å². The summed E-state index contributed by atoms with van der Waals surface area (Å²) in [5.74, 6) is 0.00228. The van der Waals surface area contributed by atoms with Gasteiger partial charge in [-0.25, -0.2) is 9.18 Å². The van der Waals surface area contributed by atoms with Crippen LogP contribution in [0.15, 0.2) is 0 Å². The van der Waals surface area contributed by atoms with Crippen molar-refractivity contribution in [2.24, 2.45) is 0 Å². The van der Waals surface area contributed by atoms with Gasteiger partial charge in [0.25, 0.3) is 0 Å². The Morgan fingerprint density at radius 3 is 2.69 bits per heavy atom. The number of rotatable bonds is 1. The van der Waals surface area contributed by atoms with Crippen LogP contribution in [0.25, 0.3) is 0 Å². The molecular formula is C11H18FNO3. The molecule has 0 aromatic heterocycles. The van der Waals surface area contributed by atoms with Crippen molar-refractivity contribution >= 4 is 11.9 Å². The van der Waals surface area contributed by atoms with Crippen molar-refractivity contribution in [1.29, 1.82) is 0 Å². The molecule has 92 valence electrons. The fraction of sp³-hybridized carbons (Fsp3) is 0.818. The van der Waals surface area contributed by atoms with Gasteiger partial charge in [0.05, 0.1) is 6.04 Å². The van der Waals surface area contributed by atoms with E-state index in [4.69, 9.17) is 4.74 Å². The van der Waals surface area contributed by atoms with Crippen molar-refractivity contribution in [3.63, 3.8) is 0 Å². The van der Waals surface area contributed by atoms with E-state index >= 15 is 0 Å². The molecule has 0 aliphatic carbocycles. The molecule has 0 aromatic carbocycles. The fourth-order valence-corrected chi connectivity index (χ4v) is 1.60. The zero-order valence-electron chi connectivity index (χ0n) is 9.96. The Morgan fingerprint density at radius 2 is 2.19 bits per heavy atom. The molecule has 1 heterocycles. The molecule has 1 rings (SSSR count). The fourth-order valence-electron chi connectivity index (χ4n) is 1.60. The third kappa shape index (κ3) is 3.47. The SMILES string of the molecule is CC(C)(C)OC(=O)N1CCC(=O)CC1CF. The number of ketones is 1. The zero-order valence-corrected chi connectivity index (χ0v) is 9.96. The van der Waals surface area contributed by atoms with E-state index < -0.39 is 24.4 Å². The van der Waals surface area contributed by atoms with Crippen molar-refractivity contribution in [3.05, 3.63) is 0 Å². The minimum absolute atomic E-state index is 0.00228. The van der Waals surface area contributed by atoms with Crippen molar-refractivity contribution in [3.8, 4) is 0 Å². The molecule has 1 saturated heterocycles. The van der Waals surface area contributed by atoms with Gasteiger partial charge in [-0.3, -0.25) is 4.79 Å². The van der Waals surface area contributed by atoms with Crippen LogP contribution in [0.3, 0.4) is 0 Å². The van der Waals surface area contributed by atoms with Gasteiger partial charge in [-0.05, 0) is 20.8 Å². The summed E-state index contributed by atoms with van der Waals surface area (Å²) in [4.78, 5) is 24.2. The van der Waals surface area contributed by atoms with Gasteiger partial charge in [0.15, 0.2) is 0 Å². The number of likely N-dealkylation sites (tertiary alicyclic amines) is 1. The molecule has 1 aliphatic rings. The first-order valence-corrected chi connectivity index (χ1v) is 5.41. The molecule has 1 atom stereocenters. The van der Waals surface area contributed by atoms with E-state index in [0.717, 1.165) is 0 Å². The van der Waals surface area contributed by atoms with Gasteiger partial charge in [-0.15, -0.1) is 0 Å². The molecule has 0 aromatic rings. The summed E-state index contributed by atoms with van der Waals surface area (Å²) in [5.41, 5.74) is -0.598. The molecule has 0 radical (unpaired) electrons. The van der Waals surface area contributed by atoms with Gasteiger partial charge < -0.3 is 9.64 Å². The number of halogens is 1. The Morgan fingerprint density at radius 1 is 1.56 bits per heavy atom. The standard InChI is InChI=1S/C11H18FNO3/c1-11(2,3)16-10(15)13-5-4-9(14)6-8(13)7-12/h8H,4-7H2,1-3H3. The molecule has 0 saturated carbocycles. The maximum Gasteiger partial charge on any atom is 0.410 e. The lowest BCUT2D eigenvalue weighted by molar-refractivity contribution is -0.123. The summed E-state index contributed by atoms with van der Waals surface area (Å²) in [6.07, 6.45) is -0.159. The van der Waals surface area contributed by atoms with Crippen molar-refractivity contribution < 1.29 is 18.7 Å². The second-order valence-corrected chi connectivity index (χ2v) is 4.97. The van der Waals surface area contributed by atoms with Crippen LogP contribution in [0.5, 0.6) is 0 Å². The van der Waals surface area contributed by atoms with Crippen molar-refractivity contribution in [1.82, 2.24) is 4.90 Å². The second-order valence-electron chi connectivity index (χ2n) is 4.97. The first-order chi connectivity index (χ1) is 7.33. The van der Waals surface area contributed by atoms with E-state index in [1.807, 2.05) is 0 Å². The Labute approximate surface area is 94.7 Å². The van der Waals surface area contributed by atoms with E-state index in [0.29, 0.717) is 0 Å². The van der Waals surface area contributed by atoms with Gasteiger partial charge >= 0.3 is 6.09 Å². The van der Waals surface area contributed by atoms with E-state index in [9.17, 15) is 14.0 Å². The van der Waals surface area contributed by atoms with Crippen molar-refractivity contribution in [2.45, 2.75) is 45.3 Å². The summed E-state index contributed by atoms with van der Waals surface area (Å²) in [6, 6.07) is -0.656. The van der Waals surface area contributed by atoms with Gasteiger partial charge in [0.1, 0.15) is 18.1 Å². The molecule has 1 amide bonds. The molecule has 4 nitrogen and oxygen atoms in total. The first kappa shape index (κ1) is 12.9. The number of piperidine rings is 1. The largest absolute Gasteiger partial charge is 0.444 e. The van der Waals surface area contributed by atoms with Crippen LogP contribution >= 0.6 is 0 Å². The number of amides is 1. The third-order valence-corrected chi connectivity index (χ3v) is 2.34. The van der Waals surface area contributed by atoms with Gasteiger partial charge in [0.2, 0.25) is 0 Å². The number of hydrogen-bond donors (Lipinski definition) is 0. The second kappa shape index (κ2) is 4.80. The van der Waals surface area contributed by atoms with Crippen molar-refractivity contribution in [2.75, 3.05) is 13.2 Å². The molecule has 1 aliphatic heterocycles. The topological polar surface area (TPSA) is 46.6 Å². The highest BCUT2D eigenvalue weighted by Crippen LogP contribution is 2.18. The van der Waals surface area contributed by atoms with E-state index in [-0.39, 0.29) is 25.2 Å². The lowest BCUT2D eigenvalue weighted by Gasteiger charge is -2.34. The average molecular weight is 231 g/mol. The van der Waals surface area contributed by atoms with Crippen LogP contribution in [0, 0.1) is 0 Å². The number of ether oxygens (including phenoxy) is 1. The lowest BCUT2D eigenvalue weighted by atomic mass is 10.0. The Bertz CT molecular complexity index is 285. The van der Waals surface area contributed by atoms with Crippen LogP contribution in [-0.4, -0.2) is 41.6 Å². The molecule has 16 heavy (non-hydrogen) atoms. The first-order valence-electron chi connectivity index (χ1n) is 5.41. The van der Waals surface area contributed by atoms with Crippen LogP contribution in [0.2, 0.25) is 0 Å². The van der Waals surface area contributed by atoms with E-state index in [2.05, 4.69) is 0 Å². The quantitative estimate of drug-likeness (QED) is 0.692. The highest BCUT2D eigenvalue weighted by Gasteiger charge is 2.33. The van der Waals surface area contributed by atoms with E-state index in [1.54, 1.807) is 20.8 Å². The van der Waals surface area contributed by atoms with Crippen LogP contribution < -0.4 is 0 Å². The number of Topliss-reactive ketones (excluding diaryl/α,β-unsaturated/α-hetero) is 1. The minimum atomic E-state index is -0.703. The maximum atomic E-state index is 12.7. The zero-order chi connectivity index (χ0) is 12.3. The third-order valence-electron chi connectivity index (χ3n) is 2.34. The van der Waals surface area contributed by atoms with Crippen LogP contribution in [-0.2, 0) is 9.53 Å². The summed E-state index contributed by atoms with van der Waals surface area (Å²) in [5, 5.41) is 0. The summed E-state index contributed by atoms with van der Waals surface area (Å²) in [6.45, 7) is 4.81. The Hall–Kier alpha value is -1.13.